The molecule has 1 saturated carbocycles. The summed E-state index contributed by atoms with van der Waals surface area (Å²) in [5.74, 6) is 0.196. The maximum absolute atomic E-state index is 11.6. The maximum atomic E-state index is 11.6. The van der Waals surface area contributed by atoms with Crippen molar-refractivity contribution < 1.29 is 4.79 Å². The molecule has 1 aliphatic rings. The van der Waals surface area contributed by atoms with Gasteiger partial charge in [0, 0.05) is 6.54 Å². The molecule has 12 heavy (non-hydrogen) atoms. The van der Waals surface area contributed by atoms with E-state index in [0.717, 1.165) is 19.4 Å². The molecule has 0 heterocycles. The molecule has 0 saturated heterocycles. The third-order valence-corrected chi connectivity index (χ3v) is 2.80. The first kappa shape index (κ1) is 9.52. The van der Waals surface area contributed by atoms with E-state index in [1.165, 1.54) is 6.42 Å². The van der Waals surface area contributed by atoms with E-state index in [1.807, 2.05) is 25.9 Å². The van der Waals surface area contributed by atoms with Crippen molar-refractivity contribution in [2.45, 2.75) is 31.7 Å². The van der Waals surface area contributed by atoms with Gasteiger partial charge in [-0.15, -0.1) is 0 Å². The van der Waals surface area contributed by atoms with Gasteiger partial charge in [-0.1, -0.05) is 0 Å². The number of nitrogens with one attached hydrogen (secondary N) is 1. The van der Waals surface area contributed by atoms with E-state index in [1.54, 1.807) is 0 Å². The third kappa shape index (κ3) is 1.33. The zero-order valence-corrected chi connectivity index (χ0v) is 8.18. The first-order valence-electron chi connectivity index (χ1n) is 4.59. The van der Waals surface area contributed by atoms with Crippen molar-refractivity contribution in [1.82, 2.24) is 10.2 Å². The fourth-order valence-electron chi connectivity index (χ4n) is 1.71. The van der Waals surface area contributed by atoms with Gasteiger partial charge in [-0.25, -0.2) is 0 Å². The number of carbonyl (C=O) groups excluding carboxylic acids is 1. The van der Waals surface area contributed by atoms with Crippen LogP contribution in [-0.4, -0.2) is 37.0 Å². The molecule has 0 radical (unpaired) electrons. The molecule has 1 fully saturated rings. The van der Waals surface area contributed by atoms with Gasteiger partial charge in [0.05, 0.1) is 5.54 Å². The quantitative estimate of drug-likeness (QED) is 0.673. The summed E-state index contributed by atoms with van der Waals surface area (Å²) in [6, 6.07) is 0. The number of nitrogens with zero attached hydrogens (tertiary/aromatic N) is 1. The van der Waals surface area contributed by atoms with E-state index in [-0.39, 0.29) is 11.4 Å². The van der Waals surface area contributed by atoms with Crippen molar-refractivity contribution >= 4 is 5.91 Å². The summed E-state index contributed by atoms with van der Waals surface area (Å²) in [5.41, 5.74) is -0.185. The van der Waals surface area contributed by atoms with Crippen molar-refractivity contribution in [3.05, 3.63) is 0 Å². The molecule has 0 aliphatic heterocycles. The van der Waals surface area contributed by atoms with Crippen LogP contribution in [0.25, 0.3) is 0 Å². The Morgan fingerprint density at radius 1 is 1.50 bits per heavy atom. The summed E-state index contributed by atoms with van der Waals surface area (Å²) in [6.45, 7) is 2.69. The number of rotatable bonds is 3. The van der Waals surface area contributed by atoms with E-state index in [9.17, 15) is 4.79 Å². The van der Waals surface area contributed by atoms with Crippen LogP contribution in [0.15, 0.2) is 0 Å². The van der Waals surface area contributed by atoms with Gasteiger partial charge in [0.25, 0.3) is 0 Å². The standard InChI is InChI=1S/C9H18N2O/c1-4-10-8(12)9(11(2)3)6-5-7-9/h4-7H2,1-3H3,(H,10,12). The summed E-state index contributed by atoms with van der Waals surface area (Å²) in [5, 5.41) is 2.89. The highest BCUT2D eigenvalue weighted by Crippen LogP contribution is 2.36. The first-order valence-corrected chi connectivity index (χ1v) is 4.59. The Bertz CT molecular complexity index is 173. The second-order valence-corrected chi connectivity index (χ2v) is 3.64. The molecule has 1 rings (SSSR count). The number of hydrogen-bond donors (Lipinski definition) is 1. The van der Waals surface area contributed by atoms with Crippen molar-refractivity contribution in [2.75, 3.05) is 20.6 Å². The van der Waals surface area contributed by atoms with Crippen molar-refractivity contribution in [3.63, 3.8) is 0 Å². The lowest BCUT2D eigenvalue weighted by Gasteiger charge is -2.45. The molecule has 0 bridgehead atoms. The fourth-order valence-corrected chi connectivity index (χ4v) is 1.71. The maximum Gasteiger partial charge on any atom is 0.240 e. The predicted octanol–water partition coefficient (Wildman–Crippen LogP) is 0.607. The Labute approximate surface area is 74.1 Å². The van der Waals surface area contributed by atoms with E-state index < -0.39 is 0 Å². The second kappa shape index (κ2) is 3.44. The van der Waals surface area contributed by atoms with Gasteiger partial charge in [-0.3, -0.25) is 9.69 Å². The molecule has 1 N–H and O–H groups in total. The molecule has 3 heteroatoms. The van der Waals surface area contributed by atoms with Crippen LogP contribution >= 0.6 is 0 Å². The number of carbonyl (C=O) groups is 1. The van der Waals surface area contributed by atoms with Crippen LogP contribution in [-0.2, 0) is 4.79 Å². The minimum Gasteiger partial charge on any atom is -0.355 e. The third-order valence-electron chi connectivity index (χ3n) is 2.80. The predicted molar refractivity (Wildman–Crippen MR) is 49.0 cm³/mol. The summed E-state index contributed by atoms with van der Waals surface area (Å²) in [4.78, 5) is 13.7. The lowest BCUT2D eigenvalue weighted by molar-refractivity contribution is -0.137. The minimum atomic E-state index is -0.185. The second-order valence-electron chi connectivity index (χ2n) is 3.64. The Hall–Kier alpha value is -0.570. The van der Waals surface area contributed by atoms with Gasteiger partial charge in [-0.05, 0) is 40.3 Å². The molecular formula is C9H18N2O. The number of likely N-dealkylation sites (N-methyl/N-ethyl adjacent to an activating group) is 2. The largest absolute Gasteiger partial charge is 0.355 e. The molecule has 3 nitrogen and oxygen atoms in total. The number of amides is 1. The van der Waals surface area contributed by atoms with Crippen LogP contribution in [0.4, 0.5) is 0 Å². The Balaban J connectivity index is 2.60. The van der Waals surface area contributed by atoms with Crippen LogP contribution < -0.4 is 5.32 Å². The lowest BCUT2D eigenvalue weighted by atomic mass is 9.75. The van der Waals surface area contributed by atoms with Crippen LogP contribution in [0.2, 0.25) is 0 Å². The van der Waals surface area contributed by atoms with Crippen molar-refractivity contribution in [2.24, 2.45) is 0 Å². The number of hydrogen-bond acceptors (Lipinski definition) is 2. The van der Waals surface area contributed by atoms with Crippen LogP contribution in [0.5, 0.6) is 0 Å². The van der Waals surface area contributed by atoms with Gasteiger partial charge in [0.1, 0.15) is 0 Å². The van der Waals surface area contributed by atoms with Gasteiger partial charge in [-0.2, -0.15) is 0 Å². The lowest BCUT2D eigenvalue weighted by Crippen LogP contribution is -2.60. The fraction of sp³-hybridized carbons (Fsp3) is 0.889. The van der Waals surface area contributed by atoms with Crippen molar-refractivity contribution in [1.29, 1.82) is 0 Å². The molecule has 0 aromatic heterocycles. The normalized spacial score (nSPS) is 20.3. The van der Waals surface area contributed by atoms with E-state index >= 15 is 0 Å². The topological polar surface area (TPSA) is 32.3 Å². The Morgan fingerprint density at radius 3 is 2.33 bits per heavy atom. The molecule has 0 aromatic carbocycles. The average Bonchev–Trinajstić information content (AvgIpc) is 1.83. The van der Waals surface area contributed by atoms with Crippen LogP contribution in [0, 0.1) is 0 Å². The van der Waals surface area contributed by atoms with Gasteiger partial charge in [0.15, 0.2) is 0 Å². The zero-order valence-electron chi connectivity index (χ0n) is 8.18. The molecule has 1 amide bonds. The Kier molecular flexibility index (Phi) is 2.73. The summed E-state index contributed by atoms with van der Waals surface area (Å²) in [6.07, 6.45) is 3.19. The Morgan fingerprint density at radius 2 is 2.08 bits per heavy atom. The zero-order chi connectivity index (χ0) is 9.19. The highest BCUT2D eigenvalue weighted by molar-refractivity contribution is 5.87. The highest BCUT2D eigenvalue weighted by atomic mass is 16.2. The average molecular weight is 170 g/mol. The molecule has 0 unspecified atom stereocenters. The molecule has 0 aromatic rings. The summed E-state index contributed by atoms with van der Waals surface area (Å²) < 4.78 is 0. The van der Waals surface area contributed by atoms with Crippen LogP contribution in [0.1, 0.15) is 26.2 Å². The van der Waals surface area contributed by atoms with E-state index in [0.29, 0.717) is 0 Å². The van der Waals surface area contributed by atoms with Gasteiger partial charge < -0.3 is 5.32 Å². The highest BCUT2D eigenvalue weighted by Gasteiger charge is 2.45. The molecular weight excluding hydrogens is 152 g/mol. The first-order chi connectivity index (χ1) is 5.63. The smallest absolute Gasteiger partial charge is 0.240 e. The monoisotopic (exact) mass is 170 g/mol. The SMILES string of the molecule is CCNC(=O)C1(N(C)C)CCC1. The molecule has 1 aliphatic carbocycles. The molecule has 70 valence electrons. The van der Waals surface area contributed by atoms with E-state index in [4.69, 9.17) is 0 Å². The molecule has 0 spiro atoms. The van der Waals surface area contributed by atoms with Crippen LogP contribution in [0.3, 0.4) is 0 Å². The van der Waals surface area contributed by atoms with Gasteiger partial charge >= 0.3 is 0 Å². The summed E-state index contributed by atoms with van der Waals surface area (Å²) >= 11 is 0. The van der Waals surface area contributed by atoms with Crippen molar-refractivity contribution in [3.8, 4) is 0 Å². The summed E-state index contributed by atoms with van der Waals surface area (Å²) in [7, 11) is 3.96. The van der Waals surface area contributed by atoms with Gasteiger partial charge in [0.2, 0.25) is 5.91 Å². The minimum absolute atomic E-state index is 0.185. The van der Waals surface area contributed by atoms with E-state index in [2.05, 4.69) is 5.32 Å². The molecule has 0 atom stereocenters.